The number of piperidine rings is 1. The van der Waals surface area contributed by atoms with Gasteiger partial charge in [0.1, 0.15) is 11.4 Å². The van der Waals surface area contributed by atoms with E-state index in [0.29, 0.717) is 17.7 Å². The van der Waals surface area contributed by atoms with Gasteiger partial charge >= 0.3 is 0 Å². The van der Waals surface area contributed by atoms with Crippen LogP contribution < -0.4 is 4.74 Å². The lowest BCUT2D eigenvalue weighted by atomic mass is 9.95. The van der Waals surface area contributed by atoms with Crippen LogP contribution >= 0.6 is 0 Å². The highest BCUT2D eigenvalue weighted by Crippen LogP contribution is 2.29. The minimum absolute atomic E-state index is 0.0619. The number of benzene rings is 1. The van der Waals surface area contributed by atoms with Crippen LogP contribution in [0.15, 0.2) is 30.3 Å². The summed E-state index contributed by atoms with van der Waals surface area (Å²) >= 11 is 0. The normalized spacial score (nSPS) is 22.7. The summed E-state index contributed by atoms with van der Waals surface area (Å²) in [5.41, 5.74) is 2.27. The molecule has 0 spiro atoms. The molecule has 27 heavy (non-hydrogen) atoms. The van der Waals surface area contributed by atoms with Crippen molar-refractivity contribution in [2.24, 2.45) is 5.92 Å². The molecule has 2 unspecified atom stereocenters. The van der Waals surface area contributed by atoms with Gasteiger partial charge in [-0.15, -0.1) is 0 Å². The van der Waals surface area contributed by atoms with E-state index < -0.39 is 0 Å². The molecule has 0 aliphatic carbocycles. The summed E-state index contributed by atoms with van der Waals surface area (Å²) in [6.45, 7) is 6.16. The van der Waals surface area contributed by atoms with Crippen molar-refractivity contribution in [2.75, 3.05) is 33.3 Å². The largest absolute Gasteiger partial charge is 0.497 e. The van der Waals surface area contributed by atoms with E-state index in [1.807, 2.05) is 35.2 Å². The molecule has 1 amide bonds. The molecule has 1 aromatic carbocycles. The van der Waals surface area contributed by atoms with Crippen molar-refractivity contribution in [3.63, 3.8) is 0 Å². The highest BCUT2D eigenvalue weighted by atomic mass is 16.5. The number of rotatable bonds is 5. The summed E-state index contributed by atoms with van der Waals surface area (Å²) < 4.78 is 5.28. The van der Waals surface area contributed by atoms with Gasteiger partial charge < -0.3 is 9.64 Å². The maximum absolute atomic E-state index is 13.1. The number of ether oxygens (including phenoxy) is 1. The standard InChI is InChI=1S/C21H28N4O2/c1-3-9-24-12-15-7-8-17(24)14-25(13-15)21(26)20-11-19(22-23-20)16-5-4-6-18(10-16)27-2/h4-6,10-11,15,17H,3,7-9,12-14H2,1-2H3,(H,22,23). The molecule has 3 fully saturated rings. The molecule has 1 N–H and O–H groups in total. The molecule has 4 heterocycles. The minimum Gasteiger partial charge on any atom is -0.497 e. The molecular formula is C21H28N4O2. The number of hydrogen-bond donors (Lipinski definition) is 1. The van der Waals surface area contributed by atoms with Gasteiger partial charge in [-0.05, 0) is 49.9 Å². The van der Waals surface area contributed by atoms with Crippen molar-refractivity contribution in [1.82, 2.24) is 20.0 Å². The molecule has 3 aliphatic heterocycles. The average Bonchev–Trinajstić information content (AvgIpc) is 3.02. The first-order valence-electron chi connectivity index (χ1n) is 9.91. The van der Waals surface area contributed by atoms with Crippen LogP contribution in [0.25, 0.3) is 11.3 Å². The van der Waals surface area contributed by atoms with Gasteiger partial charge in [-0.25, -0.2) is 0 Å². The van der Waals surface area contributed by atoms with Crippen LogP contribution in [0.2, 0.25) is 0 Å². The summed E-state index contributed by atoms with van der Waals surface area (Å²) in [6.07, 6.45) is 3.60. The number of nitrogens with zero attached hydrogens (tertiary/aromatic N) is 3. The topological polar surface area (TPSA) is 61.5 Å². The van der Waals surface area contributed by atoms with E-state index >= 15 is 0 Å². The zero-order valence-corrected chi connectivity index (χ0v) is 16.1. The zero-order valence-electron chi connectivity index (χ0n) is 16.1. The van der Waals surface area contributed by atoms with Crippen LogP contribution in [-0.4, -0.2) is 65.2 Å². The van der Waals surface area contributed by atoms with Crippen molar-refractivity contribution in [2.45, 2.75) is 32.2 Å². The van der Waals surface area contributed by atoms with Crippen LogP contribution in [0.4, 0.5) is 0 Å². The molecule has 2 bridgehead atoms. The second-order valence-electron chi connectivity index (χ2n) is 7.70. The first-order chi connectivity index (χ1) is 13.2. The van der Waals surface area contributed by atoms with E-state index in [1.165, 1.54) is 19.3 Å². The molecule has 1 aromatic heterocycles. The molecule has 3 aliphatic rings. The van der Waals surface area contributed by atoms with Gasteiger partial charge in [0.05, 0.1) is 12.8 Å². The fourth-order valence-corrected chi connectivity index (χ4v) is 4.44. The fourth-order valence-electron chi connectivity index (χ4n) is 4.44. The predicted octanol–water partition coefficient (Wildman–Crippen LogP) is 3.03. The molecule has 6 nitrogen and oxygen atoms in total. The van der Waals surface area contributed by atoms with E-state index in [-0.39, 0.29) is 5.91 Å². The number of fused-ring (bicyclic) bond motifs is 4. The predicted molar refractivity (Wildman–Crippen MR) is 105 cm³/mol. The molecule has 2 atom stereocenters. The summed E-state index contributed by atoms with van der Waals surface area (Å²) in [7, 11) is 1.65. The molecule has 0 radical (unpaired) electrons. The Morgan fingerprint density at radius 2 is 2.15 bits per heavy atom. The highest BCUT2D eigenvalue weighted by molar-refractivity contribution is 5.93. The van der Waals surface area contributed by atoms with Gasteiger partial charge in [0.2, 0.25) is 0 Å². The monoisotopic (exact) mass is 368 g/mol. The second kappa shape index (κ2) is 7.72. The number of carbonyl (C=O) groups is 1. The summed E-state index contributed by atoms with van der Waals surface area (Å²) in [5.74, 6) is 1.43. The molecule has 2 aromatic rings. The molecular weight excluding hydrogens is 340 g/mol. The van der Waals surface area contributed by atoms with E-state index in [4.69, 9.17) is 4.74 Å². The Balaban J connectivity index is 1.51. The molecule has 144 valence electrons. The number of carbonyl (C=O) groups excluding carboxylic acids is 1. The zero-order chi connectivity index (χ0) is 18.8. The van der Waals surface area contributed by atoms with E-state index in [9.17, 15) is 4.79 Å². The maximum Gasteiger partial charge on any atom is 0.271 e. The Labute approximate surface area is 160 Å². The van der Waals surface area contributed by atoms with Gasteiger partial charge in [0.15, 0.2) is 0 Å². The van der Waals surface area contributed by atoms with Gasteiger partial charge in [-0.2, -0.15) is 5.10 Å². The van der Waals surface area contributed by atoms with E-state index in [1.54, 1.807) is 7.11 Å². The van der Waals surface area contributed by atoms with Crippen LogP contribution in [0, 0.1) is 5.92 Å². The summed E-state index contributed by atoms with van der Waals surface area (Å²) in [5, 5.41) is 7.31. The smallest absolute Gasteiger partial charge is 0.271 e. The van der Waals surface area contributed by atoms with Crippen molar-refractivity contribution in [3.05, 3.63) is 36.0 Å². The number of nitrogens with one attached hydrogen (secondary N) is 1. The highest BCUT2D eigenvalue weighted by Gasteiger charge is 2.36. The van der Waals surface area contributed by atoms with Crippen molar-refractivity contribution in [3.8, 4) is 17.0 Å². The third-order valence-corrected chi connectivity index (χ3v) is 5.80. The van der Waals surface area contributed by atoms with Crippen molar-refractivity contribution < 1.29 is 9.53 Å². The Bertz CT molecular complexity index is 803. The number of H-pyrrole nitrogens is 1. The van der Waals surface area contributed by atoms with Crippen LogP contribution in [-0.2, 0) is 0 Å². The molecule has 5 rings (SSSR count). The van der Waals surface area contributed by atoms with Gasteiger partial charge in [-0.3, -0.25) is 14.8 Å². The van der Waals surface area contributed by atoms with Crippen molar-refractivity contribution >= 4 is 5.91 Å². The van der Waals surface area contributed by atoms with Crippen LogP contribution in [0.1, 0.15) is 36.7 Å². The SMILES string of the molecule is CCCN1CC2CCC1CN(C(=O)c1cc(-c3cccc(OC)c3)n[nH]1)C2. The summed E-state index contributed by atoms with van der Waals surface area (Å²) in [6, 6.07) is 10.1. The number of methoxy groups -OCH3 is 1. The quantitative estimate of drug-likeness (QED) is 0.881. The van der Waals surface area contributed by atoms with Crippen LogP contribution in [0.5, 0.6) is 5.75 Å². The number of aromatic amines is 1. The third kappa shape index (κ3) is 3.72. The Morgan fingerprint density at radius 1 is 1.26 bits per heavy atom. The maximum atomic E-state index is 13.1. The van der Waals surface area contributed by atoms with E-state index in [0.717, 1.165) is 43.2 Å². The number of hydrogen-bond acceptors (Lipinski definition) is 4. The lowest BCUT2D eigenvalue weighted by Gasteiger charge is -2.35. The van der Waals surface area contributed by atoms with Gasteiger partial charge in [0, 0.05) is 31.2 Å². The first kappa shape index (κ1) is 18.0. The first-order valence-corrected chi connectivity index (χ1v) is 9.91. The Morgan fingerprint density at radius 3 is 2.96 bits per heavy atom. The minimum atomic E-state index is 0.0619. The molecule has 3 saturated heterocycles. The van der Waals surface area contributed by atoms with E-state index in [2.05, 4.69) is 22.0 Å². The van der Waals surface area contributed by atoms with Gasteiger partial charge in [-0.1, -0.05) is 19.1 Å². The van der Waals surface area contributed by atoms with Crippen LogP contribution in [0.3, 0.4) is 0 Å². The Kier molecular flexibility index (Phi) is 5.16. The second-order valence-corrected chi connectivity index (χ2v) is 7.70. The lowest BCUT2D eigenvalue weighted by molar-refractivity contribution is 0.0732. The van der Waals surface area contributed by atoms with Crippen molar-refractivity contribution in [1.29, 1.82) is 0 Å². The number of aromatic nitrogens is 2. The van der Waals surface area contributed by atoms with Gasteiger partial charge in [0.25, 0.3) is 5.91 Å². The molecule has 0 saturated carbocycles. The average molecular weight is 368 g/mol. The third-order valence-electron chi connectivity index (χ3n) is 5.80. The Hall–Kier alpha value is -2.34. The lowest BCUT2D eigenvalue weighted by Crippen LogP contribution is -2.44. The fraction of sp³-hybridized carbons (Fsp3) is 0.524. The number of amides is 1. The summed E-state index contributed by atoms with van der Waals surface area (Å²) in [4.78, 5) is 17.7. The molecule has 6 heteroatoms.